The summed E-state index contributed by atoms with van der Waals surface area (Å²) in [5.74, 6) is -1.22. The van der Waals surface area contributed by atoms with Gasteiger partial charge in [-0.3, -0.25) is 0 Å². The molecule has 2 aromatic carbocycles. The maximum Gasteiger partial charge on any atom is 0.339 e. The molecular weight excluding hydrogens is 343 g/mol. The normalized spacial score (nSPS) is 10.2. The van der Waals surface area contributed by atoms with Crippen LogP contribution in [0.5, 0.6) is 11.5 Å². The van der Waals surface area contributed by atoms with Gasteiger partial charge in [0.05, 0.1) is 7.11 Å². The number of hydrogen-bond donors (Lipinski definition) is 1. The minimum absolute atomic E-state index is 0.0355. The summed E-state index contributed by atoms with van der Waals surface area (Å²) in [4.78, 5) is 11.1. The van der Waals surface area contributed by atoms with E-state index in [9.17, 15) is 9.18 Å². The van der Waals surface area contributed by atoms with E-state index in [4.69, 9.17) is 14.6 Å². The number of carbonyl (C=O) groups is 1. The zero-order chi connectivity index (χ0) is 15.4. The molecule has 2 rings (SSSR count). The Kier molecular flexibility index (Phi) is 4.80. The molecule has 0 radical (unpaired) electrons. The van der Waals surface area contributed by atoms with Crippen molar-refractivity contribution >= 4 is 21.9 Å². The summed E-state index contributed by atoms with van der Waals surface area (Å²) in [6, 6.07) is 9.02. The van der Waals surface area contributed by atoms with E-state index >= 15 is 0 Å². The van der Waals surface area contributed by atoms with Crippen molar-refractivity contribution < 1.29 is 23.8 Å². The van der Waals surface area contributed by atoms with Crippen LogP contribution in [0.25, 0.3) is 0 Å². The van der Waals surface area contributed by atoms with Crippen molar-refractivity contribution in [1.82, 2.24) is 0 Å². The molecule has 0 amide bonds. The van der Waals surface area contributed by atoms with Gasteiger partial charge in [-0.1, -0.05) is 22.0 Å². The van der Waals surface area contributed by atoms with Gasteiger partial charge < -0.3 is 14.6 Å². The fraction of sp³-hybridized carbons (Fsp3) is 0.133. The quantitative estimate of drug-likeness (QED) is 0.885. The average molecular weight is 355 g/mol. The molecule has 2 aromatic rings. The molecule has 1 N–H and O–H groups in total. The third kappa shape index (κ3) is 3.72. The summed E-state index contributed by atoms with van der Waals surface area (Å²) < 4.78 is 24.6. The van der Waals surface area contributed by atoms with Crippen LogP contribution in [0.1, 0.15) is 15.9 Å². The standard InChI is InChI=1S/C15H12BrFO4/c1-20-13-5-2-9(6-11(13)15(18)19)8-21-14-7-10(16)3-4-12(14)17/h2-7H,8H2,1H3,(H,18,19). The van der Waals surface area contributed by atoms with Gasteiger partial charge in [0, 0.05) is 4.47 Å². The highest BCUT2D eigenvalue weighted by molar-refractivity contribution is 9.10. The maximum atomic E-state index is 13.5. The molecule has 0 bridgehead atoms. The number of rotatable bonds is 5. The Morgan fingerprint density at radius 1 is 1.24 bits per heavy atom. The number of carboxylic acids is 1. The molecule has 0 aliphatic rings. The Balaban J connectivity index is 2.18. The van der Waals surface area contributed by atoms with Crippen molar-refractivity contribution in [2.45, 2.75) is 6.61 Å². The van der Waals surface area contributed by atoms with E-state index in [-0.39, 0.29) is 23.7 Å². The van der Waals surface area contributed by atoms with Crippen LogP contribution in [0.4, 0.5) is 4.39 Å². The first-order valence-electron chi connectivity index (χ1n) is 5.99. The van der Waals surface area contributed by atoms with Gasteiger partial charge in [0.25, 0.3) is 0 Å². The summed E-state index contributed by atoms with van der Waals surface area (Å²) in [6.07, 6.45) is 0. The minimum atomic E-state index is -1.10. The fourth-order valence-electron chi connectivity index (χ4n) is 1.76. The summed E-state index contributed by atoms with van der Waals surface area (Å²) >= 11 is 3.23. The van der Waals surface area contributed by atoms with E-state index in [0.717, 1.165) is 0 Å². The van der Waals surface area contributed by atoms with Gasteiger partial charge in [0.15, 0.2) is 11.6 Å². The number of methoxy groups -OCH3 is 1. The van der Waals surface area contributed by atoms with Crippen molar-refractivity contribution in [3.8, 4) is 11.5 Å². The monoisotopic (exact) mass is 354 g/mol. The molecule has 0 unspecified atom stereocenters. The second kappa shape index (κ2) is 6.58. The van der Waals surface area contributed by atoms with Crippen molar-refractivity contribution in [2.24, 2.45) is 0 Å². The van der Waals surface area contributed by atoms with Crippen LogP contribution in [0, 0.1) is 5.82 Å². The molecule has 0 saturated carbocycles. The van der Waals surface area contributed by atoms with Gasteiger partial charge in [-0.15, -0.1) is 0 Å². The fourth-order valence-corrected chi connectivity index (χ4v) is 2.10. The van der Waals surface area contributed by atoms with E-state index in [2.05, 4.69) is 15.9 Å². The molecule has 110 valence electrons. The molecule has 0 fully saturated rings. The lowest BCUT2D eigenvalue weighted by Gasteiger charge is -2.10. The van der Waals surface area contributed by atoms with Crippen LogP contribution in [0.3, 0.4) is 0 Å². The number of ether oxygens (including phenoxy) is 2. The number of aromatic carboxylic acids is 1. The van der Waals surface area contributed by atoms with Crippen molar-refractivity contribution in [3.63, 3.8) is 0 Å². The van der Waals surface area contributed by atoms with Gasteiger partial charge in [-0.25, -0.2) is 9.18 Å². The number of benzene rings is 2. The number of hydrogen-bond acceptors (Lipinski definition) is 3. The summed E-state index contributed by atoms with van der Waals surface area (Å²) in [5, 5.41) is 9.10. The van der Waals surface area contributed by atoms with Gasteiger partial charge in [-0.05, 0) is 35.9 Å². The number of halogens is 2. The van der Waals surface area contributed by atoms with Crippen molar-refractivity contribution in [2.75, 3.05) is 7.11 Å². The highest BCUT2D eigenvalue weighted by atomic mass is 79.9. The second-order valence-electron chi connectivity index (χ2n) is 4.20. The highest BCUT2D eigenvalue weighted by Crippen LogP contribution is 2.24. The van der Waals surface area contributed by atoms with Gasteiger partial charge in [0.2, 0.25) is 0 Å². The first-order chi connectivity index (χ1) is 10.0. The van der Waals surface area contributed by atoms with E-state index < -0.39 is 11.8 Å². The lowest BCUT2D eigenvalue weighted by atomic mass is 10.1. The maximum absolute atomic E-state index is 13.5. The molecule has 0 aliphatic heterocycles. The van der Waals surface area contributed by atoms with Crippen LogP contribution in [-0.4, -0.2) is 18.2 Å². The third-order valence-electron chi connectivity index (χ3n) is 2.78. The smallest absolute Gasteiger partial charge is 0.339 e. The zero-order valence-electron chi connectivity index (χ0n) is 11.1. The average Bonchev–Trinajstić information content (AvgIpc) is 2.47. The molecule has 0 saturated heterocycles. The van der Waals surface area contributed by atoms with E-state index in [1.54, 1.807) is 18.2 Å². The minimum Gasteiger partial charge on any atom is -0.496 e. The second-order valence-corrected chi connectivity index (χ2v) is 5.12. The van der Waals surface area contributed by atoms with Crippen LogP contribution in [-0.2, 0) is 6.61 Å². The first kappa shape index (κ1) is 15.3. The highest BCUT2D eigenvalue weighted by Gasteiger charge is 2.12. The van der Waals surface area contributed by atoms with E-state index in [0.29, 0.717) is 10.0 Å². The molecule has 21 heavy (non-hydrogen) atoms. The van der Waals surface area contributed by atoms with Crippen molar-refractivity contribution in [1.29, 1.82) is 0 Å². The Labute approximate surface area is 129 Å². The molecule has 4 nitrogen and oxygen atoms in total. The van der Waals surface area contributed by atoms with E-state index in [1.807, 2.05) is 0 Å². The lowest BCUT2D eigenvalue weighted by molar-refractivity contribution is 0.0693. The van der Waals surface area contributed by atoms with Gasteiger partial charge in [-0.2, -0.15) is 0 Å². The molecule has 0 heterocycles. The summed E-state index contributed by atoms with van der Waals surface area (Å²) in [7, 11) is 1.40. The van der Waals surface area contributed by atoms with Crippen molar-refractivity contribution in [3.05, 3.63) is 57.8 Å². The Morgan fingerprint density at radius 3 is 2.67 bits per heavy atom. The van der Waals surface area contributed by atoms with Crippen LogP contribution in [0.2, 0.25) is 0 Å². The Morgan fingerprint density at radius 2 is 2.00 bits per heavy atom. The topological polar surface area (TPSA) is 55.8 Å². The van der Waals surface area contributed by atoms with Gasteiger partial charge in [0.1, 0.15) is 17.9 Å². The van der Waals surface area contributed by atoms with Crippen LogP contribution >= 0.6 is 15.9 Å². The number of carboxylic acid groups (broad SMARTS) is 1. The molecular formula is C15H12BrFO4. The molecule has 0 spiro atoms. The zero-order valence-corrected chi connectivity index (χ0v) is 12.7. The molecule has 0 aromatic heterocycles. The molecule has 0 aliphatic carbocycles. The van der Waals surface area contributed by atoms with Crippen LogP contribution in [0.15, 0.2) is 40.9 Å². The molecule has 6 heteroatoms. The predicted molar refractivity (Wildman–Crippen MR) is 78.4 cm³/mol. The predicted octanol–water partition coefficient (Wildman–Crippen LogP) is 3.87. The summed E-state index contributed by atoms with van der Waals surface area (Å²) in [6.45, 7) is 0.0532. The third-order valence-corrected chi connectivity index (χ3v) is 3.28. The first-order valence-corrected chi connectivity index (χ1v) is 6.78. The largest absolute Gasteiger partial charge is 0.496 e. The Hall–Kier alpha value is -2.08. The van der Waals surface area contributed by atoms with E-state index in [1.165, 1.54) is 25.3 Å². The summed E-state index contributed by atoms with van der Waals surface area (Å²) in [5.41, 5.74) is 0.640. The Bertz CT molecular complexity index is 673. The van der Waals surface area contributed by atoms with Crippen LogP contribution < -0.4 is 9.47 Å². The van der Waals surface area contributed by atoms with Gasteiger partial charge >= 0.3 is 5.97 Å². The molecule has 0 atom stereocenters. The SMILES string of the molecule is COc1ccc(COc2cc(Br)ccc2F)cc1C(=O)O. The lowest BCUT2D eigenvalue weighted by Crippen LogP contribution is -2.04.